The molecule has 0 amide bonds. The summed E-state index contributed by atoms with van der Waals surface area (Å²) in [6.45, 7) is 0. The molecule has 1 fully saturated rings. The summed E-state index contributed by atoms with van der Waals surface area (Å²) < 4.78 is 5.55. The fourth-order valence-electron chi connectivity index (χ4n) is 0.410. The van der Waals surface area contributed by atoms with E-state index in [4.69, 9.17) is 23.4 Å². The van der Waals surface area contributed by atoms with E-state index >= 15 is 0 Å². The Labute approximate surface area is 57.8 Å². The van der Waals surface area contributed by atoms with Crippen LogP contribution in [0.4, 0.5) is 0 Å². The maximum Gasteiger partial charge on any atom is 0.221 e. The lowest BCUT2D eigenvalue weighted by atomic mass is 10.4. The highest BCUT2D eigenvalue weighted by Gasteiger charge is 2.17. The summed E-state index contributed by atoms with van der Waals surface area (Å²) in [6.07, 6.45) is 4.97. The highest BCUT2D eigenvalue weighted by Crippen LogP contribution is 2.18. The average Bonchev–Trinajstić information content (AvgIpc) is 2.14. The molecule has 0 aromatic rings. The minimum absolute atomic E-state index is 0.0764. The van der Waals surface area contributed by atoms with Crippen LogP contribution in [0.5, 0.6) is 0 Å². The first-order chi connectivity index (χ1) is 3.83. The minimum atomic E-state index is -0.0764. The summed E-state index contributed by atoms with van der Waals surface area (Å²) in [7, 11) is 0. The normalized spacial score (nSPS) is 26.9. The molecule has 0 N–H and O–H groups in total. The van der Waals surface area contributed by atoms with Gasteiger partial charge in [0.25, 0.3) is 0 Å². The molecule has 1 unspecified atom stereocenters. The third-order valence-electron chi connectivity index (χ3n) is 0.777. The fraction of sp³-hybridized carbons (Fsp3) is 0.400. The molecule has 0 aliphatic carbocycles. The molecular formula is C5H4OS2. The zero-order valence-electron chi connectivity index (χ0n) is 4.09. The molecule has 0 aromatic carbocycles. The van der Waals surface area contributed by atoms with Crippen LogP contribution < -0.4 is 0 Å². The molecule has 1 rings (SSSR count). The highest BCUT2D eigenvalue weighted by molar-refractivity contribution is 8.22. The fourth-order valence-corrected chi connectivity index (χ4v) is 1.37. The van der Waals surface area contributed by atoms with Crippen molar-refractivity contribution in [2.24, 2.45) is 0 Å². The summed E-state index contributed by atoms with van der Waals surface area (Å²) >= 11 is 6.20. The first-order valence-corrected chi connectivity index (χ1v) is 3.52. The minimum Gasteiger partial charge on any atom is -0.461 e. The number of thioether (sulfide) groups is 1. The number of thiocarbonyl (C=S) groups is 1. The van der Waals surface area contributed by atoms with Crippen molar-refractivity contribution in [3.8, 4) is 12.3 Å². The van der Waals surface area contributed by atoms with E-state index in [1.165, 1.54) is 11.8 Å². The van der Waals surface area contributed by atoms with Gasteiger partial charge in [-0.05, 0) is 12.2 Å². The summed E-state index contributed by atoms with van der Waals surface area (Å²) in [5.41, 5.74) is 0. The van der Waals surface area contributed by atoms with Crippen LogP contribution in [0.3, 0.4) is 0 Å². The van der Waals surface area contributed by atoms with Crippen molar-refractivity contribution in [1.29, 1.82) is 0 Å². The van der Waals surface area contributed by atoms with Crippen LogP contribution in [-0.2, 0) is 4.74 Å². The average molecular weight is 144 g/mol. The molecule has 3 heteroatoms. The molecule has 8 heavy (non-hydrogen) atoms. The molecule has 0 radical (unpaired) electrons. The molecule has 1 saturated heterocycles. The van der Waals surface area contributed by atoms with Crippen LogP contribution in [0.1, 0.15) is 0 Å². The van der Waals surface area contributed by atoms with Gasteiger partial charge in [-0.25, -0.2) is 0 Å². The number of ether oxygens (including phenoxy) is 1. The van der Waals surface area contributed by atoms with Crippen LogP contribution in [0.2, 0.25) is 0 Å². The zero-order valence-corrected chi connectivity index (χ0v) is 5.72. The van der Waals surface area contributed by atoms with Crippen LogP contribution in [0.15, 0.2) is 0 Å². The standard InChI is InChI=1S/C5H4OS2/c1-2-4-3-8-5(7)6-4/h1,4H,3H2. The van der Waals surface area contributed by atoms with Crippen LogP contribution in [0.25, 0.3) is 0 Å². The molecule has 1 heterocycles. The van der Waals surface area contributed by atoms with E-state index in [2.05, 4.69) is 5.92 Å². The topological polar surface area (TPSA) is 9.23 Å². The van der Waals surface area contributed by atoms with Crippen molar-refractivity contribution in [3.63, 3.8) is 0 Å². The van der Waals surface area contributed by atoms with E-state index in [-0.39, 0.29) is 6.10 Å². The van der Waals surface area contributed by atoms with E-state index in [1.807, 2.05) is 0 Å². The Kier molecular flexibility index (Phi) is 1.77. The van der Waals surface area contributed by atoms with Crippen molar-refractivity contribution in [1.82, 2.24) is 0 Å². The van der Waals surface area contributed by atoms with Crippen LogP contribution in [-0.4, -0.2) is 16.2 Å². The van der Waals surface area contributed by atoms with Gasteiger partial charge in [-0.3, -0.25) is 0 Å². The van der Waals surface area contributed by atoms with E-state index < -0.39 is 0 Å². The first-order valence-electron chi connectivity index (χ1n) is 2.12. The monoisotopic (exact) mass is 144 g/mol. The van der Waals surface area contributed by atoms with Crippen LogP contribution in [0, 0.1) is 12.3 Å². The van der Waals surface area contributed by atoms with Gasteiger partial charge in [0.2, 0.25) is 4.38 Å². The summed E-state index contributed by atoms with van der Waals surface area (Å²) in [4.78, 5) is 0. The zero-order chi connectivity index (χ0) is 5.98. The van der Waals surface area contributed by atoms with Gasteiger partial charge in [-0.15, -0.1) is 6.42 Å². The van der Waals surface area contributed by atoms with Gasteiger partial charge in [0.1, 0.15) is 0 Å². The van der Waals surface area contributed by atoms with Crippen molar-refractivity contribution < 1.29 is 4.74 Å². The Morgan fingerprint density at radius 1 is 2.00 bits per heavy atom. The highest BCUT2D eigenvalue weighted by atomic mass is 32.2. The lowest BCUT2D eigenvalue weighted by molar-refractivity contribution is 0.296. The predicted octanol–water partition coefficient (Wildman–Crippen LogP) is 1.04. The van der Waals surface area contributed by atoms with E-state index in [0.29, 0.717) is 4.38 Å². The molecular weight excluding hydrogens is 140 g/mol. The quantitative estimate of drug-likeness (QED) is 0.371. The van der Waals surface area contributed by atoms with Crippen molar-refractivity contribution in [3.05, 3.63) is 0 Å². The Bertz CT molecular complexity index is 147. The van der Waals surface area contributed by atoms with E-state index in [0.717, 1.165) is 5.75 Å². The SMILES string of the molecule is C#CC1CSC(=S)O1. The Hall–Kier alpha value is -0.200. The molecule has 0 saturated carbocycles. The Balaban J connectivity index is 2.47. The van der Waals surface area contributed by atoms with Gasteiger partial charge in [-0.1, -0.05) is 17.7 Å². The lowest BCUT2D eigenvalue weighted by Gasteiger charge is -1.95. The maximum atomic E-state index is 5.05. The number of hydrogen-bond donors (Lipinski definition) is 0. The van der Waals surface area contributed by atoms with Gasteiger partial charge >= 0.3 is 0 Å². The molecule has 0 aromatic heterocycles. The summed E-state index contributed by atoms with van der Waals surface area (Å²) in [5.74, 6) is 3.28. The van der Waals surface area contributed by atoms with Crippen molar-refractivity contribution >= 4 is 28.4 Å². The second kappa shape index (κ2) is 2.38. The summed E-state index contributed by atoms with van der Waals surface area (Å²) in [6, 6.07) is 0. The molecule has 0 spiro atoms. The molecule has 1 aliphatic heterocycles. The van der Waals surface area contributed by atoms with E-state index in [9.17, 15) is 0 Å². The third kappa shape index (κ3) is 1.15. The van der Waals surface area contributed by atoms with Gasteiger partial charge in [0, 0.05) is 0 Å². The smallest absolute Gasteiger partial charge is 0.221 e. The molecule has 42 valence electrons. The van der Waals surface area contributed by atoms with Gasteiger partial charge in [0.05, 0.1) is 5.75 Å². The number of hydrogen-bond acceptors (Lipinski definition) is 3. The Morgan fingerprint density at radius 2 is 2.75 bits per heavy atom. The van der Waals surface area contributed by atoms with E-state index in [1.54, 1.807) is 0 Å². The lowest BCUT2D eigenvalue weighted by Crippen LogP contribution is -2.04. The molecule has 1 nitrogen and oxygen atoms in total. The van der Waals surface area contributed by atoms with Gasteiger partial charge in [-0.2, -0.15) is 0 Å². The third-order valence-corrected chi connectivity index (χ3v) is 2.03. The van der Waals surface area contributed by atoms with Gasteiger partial charge in [0.15, 0.2) is 6.10 Å². The first kappa shape index (κ1) is 5.93. The molecule has 0 bridgehead atoms. The number of rotatable bonds is 0. The second-order valence-corrected chi connectivity index (χ2v) is 2.96. The van der Waals surface area contributed by atoms with Crippen molar-refractivity contribution in [2.75, 3.05) is 5.75 Å². The Morgan fingerprint density at radius 3 is 3.00 bits per heavy atom. The second-order valence-electron chi connectivity index (χ2n) is 1.33. The molecule has 1 atom stereocenters. The molecule has 1 aliphatic rings. The largest absolute Gasteiger partial charge is 0.461 e. The summed E-state index contributed by atoms with van der Waals surface area (Å²) in [5, 5.41) is 0. The predicted molar refractivity (Wildman–Crippen MR) is 38.8 cm³/mol. The van der Waals surface area contributed by atoms with Crippen molar-refractivity contribution in [2.45, 2.75) is 6.10 Å². The van der Waals surface area contributed by atoms with Gasteiger partial charge < -0.3 is 4.74 Å². The maximum absolute atomic E-state index is 5.05. The number of terminal acetylenes is 1. The van der Waals surface area contributed by atoms with Crippen LogP contribution >= 0.6 is 24.0 Å².